The van der Waals surface area contributed by atoms with Gasteiger partial charge in [-0.25, -0.2) is 9.95 Å². The van der Waals surface area contributed by atoms with Crippen molar-refractivity contribution in [2.45, 2.75) is 0 Å². The lowest BCUT2D eigenvalue weighted by atomic mass is 10.1. The van der Waals surface area contributed by atoms with Crippen LogP contribution in [0.2, 0.25) is 0 Å². The highest BCUT2D eigenvalue weighted by atomic mass is 32.2. The number of aromatic amines is 1. The van der Waals surface area contributed by atoms with Gasteiger partial charge >= 0.3 is 5.63 Å². The number of hydrogen-bond acceptors (Lipinski definition) is 4. The van der Waals surface area contributed by atoms with Crippen molar-refractivity contribution in [3.8, 4) is 11.3 Å². The smallest absolute Gasteiger partial charge is 0.338 e. The van der Waals surface area contributed by atoms with E-state index in [2.05, 4.69) is 10.1 Å². The van der Waals surface area contributed by atoms with Crippen LogP contribution in [0.15, 0.2) is 44.6 Å². The molecule has 88 valence electrons. The van der Waals surface area contributed by atoms with Crippen molar-refractivity contribution in [2.75, 3.05) is 13.3 Å². The van der Waals surface area contributed by atoms with Gasteiger partial charge in [-0.05, 0) is 6.26 Å². The first-order valence-electron chi connectivity index (χ1n) is 5.06. The Kier molecular flexibility index (Phi) is 3.49. The number of rotatable bonds is 2. The van der Waals surface area contributed by atoms with Crippen LogP contribution in [-0.2, 0) is 0 Å². The monoisotopic (exact) mass is 248 g/mol. The summed E-state index contributed by atoms with van der Waals surface area (Å²) in [5, 5.41) is 3.32. The topological polar surface area (TPSA) is 58.4 Å². The molecular formula is C12H12N2O2S. The van der Waals surface area contributed by atoms with E-state index in [0.717, 1.165) is 5.56 Å². The lowest BCUT2D eigenvalue weighted by Crippen LogP contribution is -2.08. The second-order valence-corrected chi connectivity index (χ2v) is 4.14. The zero-order valence-corrected chi connectivity index (χ0v) is 10.4. The molecule has 1 heterocycles. The van der Waals surface area contributed by atoms with Gasteiger partial charge in [0.25, 0.3) is 0 Å². The highest BCUT2D eigenvalue weighted by molar-refractivity contribution is 8.13. The SMILES string of the molecule is CN=C(SC)c1c(-c2ccccc2)[nH]oc1=O. The number of nitrogens with one attached hydrogen (secondary N) is 1. The maximum absolute atomic E-state index is 11.7. The molecule has 5 heteroatoms. The molecular weight excluding hydrogens is 236 g/mol. The summed E-state index contributed by atoms with van der Waals surface area (Å²) in [5.74, 6) is 0. The van der Waals surface area contributed by atoms with E-state index >= 15 is 0 Å². The minimum absolute atomic E-state index is 0.390. The van der Waals surface area contributed by atoms with Crippen molar-refractivity contribution in [3.05, 3.63) is 46.3 Å². The second-order valence-electron chi connectivity index (χ2n) is 3.34. The third kappa shape index (κ3) is 2.19. The van der Waals surface area contributed by atoms with Gasteiger partial charge in [-0.15, -0.1) is 11.8 Å². The van der Waals surface area contributed by atoms with Crippen LogP contribution < -0.4 is 5.63 Å². The lowest BCUT2D eigenvalue weighted by Gasteiger charge is -2.01. The normalized spacial score (nSPS) is 11.8. The molecule has 1 aromatic heterocycles. The lowest BCUT2D eigenvalue weighted by molar-refractivity contribution is 0.393. The van der Waals surface area contributed by atoms with Crippen LogP contribution in [0.4, 0.5) is 0 Å². The van der Waals surface area contributed by atoms with Crippen molar-refractivity contribution < 1.29 is 4.52 Å². The van der Waals surface area contributed by atoms with Crippen molar-refractivity contribution in [2.24, 2.45) is 4.99 Å². The molecule has 4 nitrogen and oxygen atoms in total. The van der Waals surface area contributed by atoms with E-state index in [-0.39, 0.29) is 5.63 Å². The summed E-state index contributed by atoms with van der Waals surface area (Å²) in [5.41, 5.74) is 1.68. The van der Waals surface area contributed by atoms with Crippen LogP contribution >= 0.6 is 11.8 Å². The molecule has 0 aliphatic carbocycles. The Labute approximate surface area is 103 Å². The molecule has 0 aliphatic rings. The summed E-state index contributed by atoms with van der Waals surface area (Å²) < 4.78 is 4.86. The molecule has 0 saturated heterocycles. The van der Waals surface area contributed by atoms with Crippen LogP contribution in [0.3, 0.4) is 0 Å². The fraction of sp³-hybridized carbons (Fsp3) is 0.167. The zero-order valence-electron chi connectivity index (χ0n) is 9.56. The Balaban J connectivity index is 2.62. The van der Waals surface area contributed by atoms with Crippen molar-refractivity contribution in [1.29, 1.82) is 0 Å². The fourth-order valence-electron chi connectivity index (χ4n) is 1.61. The summed E-state index contributed by atoms with van der Waals surface area (Å²) in [6.45, 7) is 0. The molecule has 0 atom stereocenters. The molecule has 1 N–H and O–H groups in total. The third-order valence-corrected chi connectivity index (χ3v) is 3.15. The first kappa shape index (κ1) is 11.7. The van der Waals surface area contributed by atoms with E-state index in [4.69, 9.17) is 4.52 Å². The molecule has 0 aliphatic heterocycles. The summed E-state index contributed by atoms with van der Waals surface area (Å²) in [6.07, 6.45) is 1.88. The molecule has 0 spiro atoms. The average molecular weight is 248 g/mol. The minimum Gasteiger partial charge on any atom is -0.338 e. The summed E-state index contributed by atoms with van der Waals surface area (Å²) in [7, 11) is 1.66. The van der Waals surface area contributed by atoms with Gasteiger partial charge in [-0.2, -0.15) is 0 Å². The van der Waals surface area contributed by atoms with Gasteiger partial charge in [0.05, 0.1) is 5.69 Å². The number of H-pyrrole nitrogens is 1. The average Bonchev–Trinajstić information content (AvgIpc) is 2.75. The van der Waals surface area contributed by atoms with Crippen LogP contribution in [0.1, 0.15) is 5.56 Å². The second kappa shape index (κ2) is 5.05. The van der Waals surface area contributed by atoms with Gasteiger partial charge in [0, 0.05) is 12.6 Å². The zero-order chi connectivity index (χ0) is 12.3. The molecule has 17 heavy (non-hydrogen) atoms. The molecule has 0 amide bonds. The van der Waals surface area contributed by atoms with Gasteiger partial charge in [-0.1, -0.05) is 30.3 Å². The first-order chi connectivity index (χ1) is 8.27. The Morgan fingerprint density at radius 3 is 2.65 bits per heavy atom. The number of benzene rings is 1. The van der Waals surface area contributed by atoms with E-state index in [1.54, 1.807) is 7.05 Å². The van der Waals surface area contributed by atoms with Crippen LogP contribution in [0.5, 0.6) is 0 Å². The Hall–Kier alpha value is -1.75. The van der Waals surface area contributed by atoms with Crippen molar-refractivity contribution >= 4 is 16.8 Å². The van der Waals surface area contributed by atoms with Gasteiger partial charge < -0.3 is 4.52 Å². The van der Waals surface area contributed by atoms with Gasteiger partial charge in [0.1, 0.15) is 10.6 Å². The molecule has 2 rings (SSSR count). The Morgan fingerprint density at radius 2 is 2.06 bits per heavy atom. The highest BCUT2D eigenvalue weighted by Crippen LogP contribution is 2.22. The van der Waals surface area contributed by atoms with E-state index in [9.17, 15) is 4.79 Å². The largest absolute Gasteiger partial charge is 0.367 e. The molecule has 0 unspecified atom stereocenters. The van der Waals surface area contributed by atoms with E-state index in [0.29, 0.717) is 16.3 Å². The number of hydrogen-bond donors (Lipinski definition) is 1. The fourth-order valence-corrected chi connectivity index (χ4v) is 2.18. The molecule has 2 aromatic rings. The predicted molar refractivity (Wildman–Crippen MR) is 70.7 cm³/mol. The van der Waals surface area contributed by atoms with E-state index in [1.165, 1.54) is 11.8 Å². The third-order valence-electron chi connectivity index (χ3n) is 2.37. The molecule has 1 aromatic carbocycles. The molecule has 0 fully saturated rings. The van der Waals surface area contributed by atoms with E-state index < -0.39 is 0 Å². The summed E-state index contributed by atoms with van der Waals surface area (Å²) >= 11 is 1.42. The summed E-state index contributed by atoms with van der Waals surface area (Å²) in [4.78, 5) is 15.8. The number of aromatic nitrogens is 1. The first-order valence-corrected chi connectivity index (χ1v) is 6.28. The van der Waals surface area contributed by atoms with Crippen molar-refractivity contribution in [1.82, 2.24) is 5.16 Å². The van der Waals surface area contributed by atoms with Gasteiger partial charge in [0.2, 0.25) is 0 Å². The molecule has 0 radical (unpaired) electrons. The maximum Gasteiger partial charge on any atom is 0.367 e. The maximum atomic E-state index is 11.7. The highest BCUT2D eigenvalue weighted by Gasteiger charge is 2.18. The Bertz CT molecular complexity index is 584. The molecule has 0 bridgehead atoms. The Morgan fingerprint density at radius 1 is 1.35 bits per heavy atom. The van der Waals surface area contributed by atoms with Crippen LogP contribution in [0.25, 0.3) is 11.3 Å². The van der Waals surface area contributed by atoms with Crippen LogP contribution in [0, 0.1) is 0 Å². The number of thioether (sulfide) groups is 1. The quantitative estimate of drug-likeness (QED) is 0.655. The minimum atomic E-state index is -0.390. The van der Waals surface area contributed by atoms with Crippen LogP contribution in [-0.4, -0.2) is 23.5 Å². The van der Waals surface area contributed by atoms with Gasteiger partial charge in [-0.3, -0.25) is 4.99 Å². The number of aliphatic imine (C=N–C) groups is 1. The van der Waals surface area contributed by atoms with Crippen molar-refractivity contribution in [3.63, 3.8) is 0 Å². The van der Waals surface area contributed by atoms with E-state index in [1.807, 2.05) is 36.6 Å². The summed E-state index contributed by atoms with van der Waals surface area (Å²) in [6, 6.07) is 9.57. The standard InChI is InChI=1S/C12H12N2O2S/c1-13-11(17-2)9-10(14-16-12(9)15)8-6-4-3-5-7-8/h3-7,14H,1-2H3. The predicted octanol–water partition coefficient (Wildman–Crippen LogP) is 2.37. The molecule has 0 saturated carbocycles. The van der Waals surface area contributed by atoms with Gasteiger partial charge in [0.15, 0.2) is 0 Å². The number of nitrogens with zero attached hydrogens (tertiary/aromatic N) is 1.